The lowest BCUT2D eigenvalue weighted by Gasteiger charge is -2.01. The molecule has 1 rings (SSSR count). The van der Waals surface area contributed by atoms with E-state index in [1.54, 1.807) is 6.07 Å². The molecule has 0 saturated carbocycles. The van der Waals surface area contributed by atoms with Crippen LogP contribution in [0.2, 0.25) is 0 Å². The van der Waals surface area contributed by atoms with Gasteiger partial charge in [-0.1, -0.05) is 24.3 Å². The van der Waals surface area contributed by atoms with Crippen molar-refractivity contribution < 1.29 is 9.90 Å². The van der Waals surface area contributed by atoms with Crippen LogP contribution in [0.3, 0.4) is 0 Å². The van der Waals surface area contributed by atoms with Crippen molar-refractivity contribution in [2.45, 2.75) is 13.2 Å². The van der Waals surface area contributed by atoms with Crippen LogP contribution in [-0.2, 0) is 17.9 Å². The molecule has 1 aromatic rings. The summed E-state index contributed by atoms with van der Waals surface area (Å²) in [6, 6.07) is 7.30. The Hall–Kier alpha value is -1.44. The lowest BCUT2D eigenvalue weighted by Crippen LogP contribution is -1.91. The van der Waals surface area contributed by atoms with Gasteiger partial charge < -0.3 is 5.11 Å². The van der Waals surface area contributed by atoms with Crippen LogP contribution in [0.25, 0.3) is 0 Å². The van der Waals surface area contributed by atoms with E-state index in [-0.39, 0.29) is 6.61 Å². The first-order chi connectivity index (χ1) is 5.88. The lowest BCUT2D eigenvalue weighted by atomic mass is 10.1. The van der Waals surface area contributed by atoms with E-state index in [9.17, 15) is 4.79 Å². The van der Waals surface area contributed by atoms with E-state index in [0.29, 0.717) is 6.54 Å². The van der Waals surface area contributed by atoms with Crippen molar-refractivity contribution in [3.8, 4) is 0 Å². The van der Waals surface area contributed by atoms with Crippen LogP contribution in [0, 0.1) is 0 Å². The SMILES string of the molecule is O=C=NCc1ccccc1CO. The third kappa shape index (κ3) is 2.02. The fourth-order valence-corrected chi connectivity index (χ4v) is 0.983. The molecule has 3 nitrogen and oxygen atoms in total. The van der Waals surface area contributed by atoms with Crippen LogP contribution < -0.4 is 0 Å². The van der Waals surface area contributed by atoms with Crippen molar-refractivity contribution in [3.63, 3.8) is 0 Å². The standard InChI is InChI=1S/C9H9NO2/c11-6-9-4-2-1-3-8(9)5-10-7-12/h1-4,11H,5-6H2. The summed E-state index contributed by atoms with van der Waals surface area (Å²) in [4.78, 5) is 13.3. The third-order valence-corrected chi connectivity index (χ3v) is 1.60. The largest absolute Gasteiger partial charge is 0.392 e. The number of hydrogen-bond donors (Lipinski definition) is 1. The highest BCUT2D eigenvalue weighted by atomic mass is 16.3. The van der Waals surface area contributed by atoms with Gasteiger partial charge in [-0.2, -0.15) is 0 Å². The van der Waals surface area contributed by atoms with Gasteiger partial charge in [-0.15, -0.1) is 0 Å². The van der Waals surface area contributed by atoms with Crippen LogP contribution in [0.5, 0.6) is 0 Å². The molecule has 1 aromatic carbocycles. The molecule has 0 atom stereocenters. The van der Waals surface area contributed by atoms with Crippen LogP contribution in [0.1, 0.15) is 11.1 Å². The first-order valence-corrected chi connectivity index (χ1v) is 3.59. The zero-order valence-corrected chi connectivity index (χ0v) is 6.53. The Labute approximate surface area is 70.4 Å². The van der Waals surface area contributed by atoms with Crippen molar-refractivity contribution in [3.05, 3.63) is 35.4 Å². The molecule has 0 aliphatic carbocycles. The second-order valence-electron chi connectivity index (χ2n) is 2.33. The van der Waals surface area contributed by atoms with Crippen molar-refractivity contribution in [2.24, 2.45) is 4.99 Å². The van der Waals surface area contributed by atoms with Crippen LogP contribution >= 0.6 is 0 Å². The van der Waals surface area contributed by atoms with Crippen molar-refractivity contribution in [2.75, 3.05) is 0 Å². The number of aliphatic hydroxyl groups excluding tert-OH is 1. The minimum Gasteiger partial charge on any atom is -0.392 e. The molecule has 0 radical (unpaired) electrons. The molecule has 0 heterocycles. The number of benzene rings is 1. The van der Waals surface area contributed by atoms with E-state index < -0.39 is 0 Å². The Bertz CT molecular complexity index is 303. The zero-order chi connectivity index (χ0) is 8.81. The summed E-state index contributed by atoms with van der Waals surface area (Å²) in [5.74, 6) is 0. The number of aliphatic imine (C=N–C) groups is 1. The Morgan fingerprint density at radius 1 is 1.33 bits per heavy atom. The number of nitrogens with zero attached hydrogens (tertiary/aromatic N) is 1. The lowest BCUT2D eigenvalue weighted by molar-refractivity contribution is 0.280. The zero-order valence-electron chi connectivity index (χ0n) is 6.53. The van der Waals surface area contributed by atoms with Gasteiger partial charge in [0, 0.05) is 0 Å². The van der Waals surface area contributed by atoms with Crippen LogP contribution in [0.4, 0.5) is 0 Å². The maximum atomic E-state index is 9.82. The Morgan fingerprint density at radius 3 is 2.58 bits per heavy atom. The molecule has 0 bridgehead atoms. The molecule has 0 amide bonds. The van der Waals surface area contributed by atoms with E-state index in [4.69, 9.17) is 5.11 Å². The topological polar surface area (TPSA) is 49.7 Å². The predicted molar refractivity (Wildman–Crippen MR) is 44.2 cm³/mol. The minimum absolute atomic E-state index is 0.0233. The quantitative estimate of drug-likeness (QED) is 0.534. The van der Waals surface area contributed by atoms with E-state index in [2.05, 4.69) is 4.99 Å². The van der Waals surface area contributed by atoms with Gasteiger partial charge in [0.15, 0.2) is 0 Å². The van der Waals surface area contributed by atoms with Gasteiger partial charge in [0.05, 0.1) is 13.2 Å². The summed E-state index contributed by atoms with van der Waals surface area (Å²) in [6.07, 6.45) is 1.46. The highest BCUT2D eigenvalue weighted by molar-refractivity contribution is 5.35. The highest BCUT2D eigenvalue weighted by Crippen LogP contribution is 2.09. The second-order valence-corrected chi connectivity index (χ2v) is 2.33. The van der Waals surface area contributed by atoms with E-state index in [0.717, 1.165) is 11.1 Å². The number of isocyanates is 1. The molecule has 0 fully saturated rings. The van der Waals surface area contributed by atoms with Gasteiger partial charge in [0.2, 0.25) is 6.08 Å². The number of aliphatic hydroxyl groups is 1. The molecule has 0 saturated heterocycles. The normalized spacial score (nSPS) is 9.08. The van der Waals surface area contributed by atoms with Crippen LogP contribution in [0.15, 0.2) is 29.3 Å². The summed E-state index contributed by atoms with van der Waals surface area (Å²) in [6.45, 7) is 0.269. The van der Waals surface area contributed by atoms with Crippen molar-refractivity contribution in [1.82, 2.24) is 0 Å². The van der Waals surface area contributed by atoms with Gasteiger partial charge in [-0.05, 0) is 11.1 Å². The second kappa shape index (κ2) is 4.44. The monoisotopic (exact) mass is 163 g/mol. The summed E-state index contributed by atoms with van der Waals surface area (Å²) in [5.41, 5.74) is 1.67. The molecule has 62 valence electrons. The van der Waals surface area contributed by atoms with Gasteiger partial charge in [-0.3, -0.25) is 0 Å². The van der Waals surface area contributed by atoms with Gasteiger partial charge in [-0.25, -0.2) is 9.79 Å². The molecule has 3 heteroatoms. The average molecular weight is 163 g/mol. The third-order valence-electron chi connectivity index (χ3n) is 1.60. The molecule has 0 aliphatic rings. The highest BCUT2D eigenvalue weighted by Gasteiger charge is 1.97. The first-order valence-electron chi connectivity index (χ1n) is 3.59. The average Bonchev–Trinajstić information content (AvgIpc) is 2.15. The van der Waals surface area contributed by atoms with Crippen molar-refractivity contribution >= 4 is 6.08 Å². The van der Waals surface area contributed by atoms with E-state index >= 15 is 0 Å². The molecule has 0 aromatic heterocycles. The molecule has 0 aliphatic heterocycles. The van der Waals surface area contributed by atoms with Gasteiger partial charge in [0.1, 0.15) is 0 Å². The van der Waals surface area contributed by atoms with Gasteiger partial charge in [0.25, 0.3) is 0 Å². The maximum Gasteiger partial charge on any atom is 0.235 e. The summed E-state index contributed by atoms with van der Waals surface area (Å²) < 4.78 is 0. The molecular weight excluding hydrogens is 154 g/mol. The first kappa shape index (κ1) is 8.65. The Balaban J connectivity index is 2.88. The number of carbonyl (C=O) groups excluding carboxylic acids is 1. The molecule has 1 N–H and O–H groups in total. The molecular formula is C9H9NO2. The number of rotatable bonds is 3. The van der Waals surface area contributed by atoms with Gasteiger partial charge >= 0.3 is 0 Å². The molecule has 12 heavy (non-hydrogen) atoms. The summed E-state index contributed by atoms with van der Waals surface area (Å²) >= 11 is 0. The van der Waals surface area contributed by atoms with Crippen LogP contribution in [-0.4, -0.2) is 11.2 Å². The summed E-state index contributed by atoms with van der Waals surface area (Å²) in [5, 5.41) is 8.88. The predicted octanol–water partition coefficient (Wildman–Crippen LogP) is 1.01. The van der Waals surface area contributed by atoms with E-state index in [1.807, 2.05) is 18.2 Å². The fourth-order valence-electron chi connectivity index (χ4n) is 0.983. The number of hydrogen-bond acceptors (Lipinski definition) is 3. The Morgan fingerprint density at radius 2 is 2.00 bits per heavy atom. The summed E-state index contributed by atoms with van der Waals surface area (Å²) in [7, 11) is 0. The van der Waals surface area contributed by atoms with Crippen molar-refractivity contribution in [1.29, 1.82) is 0 Å². The van der Waals surface area contributed by atoms with E-state index in [1.165, 1.54) is 6.08 Å². The molecule has 0 spiro atoms. The smallest absolute Gasteiger partial charge is 0.235 e. The fraction of sp³-hybridized carbons (Fsp3) is 0.222. The maximum absolute atomic E-state index is 9.82. The minimum atomic E-state index is -0.0233. The molecule has 0 unspecified atom stereocenters. The Kier molecular flexibility index (Phi) is 3.20.